The maximum absolute atomic E-state index is 13.3. The van der Waals surface area contributed by atoms with Crippen molar-refractivity contribution in [2.24, 2.45) is 0 Å². The van der Waals surface area contributed by atoms with Gasteiger partial charge in [0.15, 0.2) is 6.61 Å². The molecule has 1 fully saturated rings. The molecule has 1 aliphatic carbocycles. The predicted molar refractivity (Wildman–Crippen MR) is 132 cm³/mol. The summed E-state index contributed by atoms with van der Waals surface area (Å²) in [7, 11) is 0. The molecular formula is C25H26FN3O5S. The van der Waals surface area contributed by atoms with Gasteiger partial charge in [0.2, 0.25) is 5.91 Å². The molecule has 2 aromatic rings. The number of benzene rings is 2. The summed E-state index contributed by atoms with van der Waals surface area (Å²) >= 11 is 1.06. The third kappa shape index (κ3) is 5.32. The molecule has 10 heteroatoms. The van der Waals surface area contributed by atoms with E-state index in [4.69, 9.17) is 4.74 Å². The molecule has 8 nitrogen and oxygen atoms in total. The molecule has 35 heavy (non-hydrogen) atoms. The van der Waals surface area contributed by atoms with E-state index in [1.54, 1.807) is 31.2 Å². The van der Waals surface area contributed by atoms with E-state index in [1.165, 1.54) is 29.2 Å². The molecule has 0 saturated heterocycles. The zero-order valence-electron chi connectivity index (χ0n) is 19.2. The smallest absolute Gasteiger partial charge is 0.319 e. The molecule has 1 saturated carbocycles. The first-order valence-electron chi connectivity index (χ1n) is 11.4. The maximum atomic E-state index is 13.3. The minimum absolute atomic E-state index is 0.0234. The number of hydrogen-bond acceptors (Lipinski definition) is 6. The van der Waals surface area contributed by atoms with Crippen LogP contribution in [-0.4, -0.2) is 46.8 Å². The fourth-order valence-corrected chi connectivity index (χ4v) is 5.12. The first-order valence-corrected chi connectivity index (χ1v) is 12.4. The van der Waals surface area contributed by atoms with E-state index >= 15 is 0 Å². The van der Waals surface area contributed by atoms with Crippen molar-refractivity contribution in [1.29, 1.82) is 0 Å². The number of rotatable bonds is 7. The molecule has 0 bridgehead atoms. The highest BCUT2D eigenvalue weighted by Crippen LogP contribution is 2.45. The van der Waals surface area contributed by atoms with Crippen LogP contribution >= 0.6 is 11.8 Å². The number of carbonyl (C=O) groups excluding carboxylic acids is 4. The first-order chi connectivity index (χ1) is 16.8. The van der Waals surface area contributed by atoms with Gasteiger partial charge >= 0.3 is 5.97 Å². The minimum Gasteiger partial charge on any atom is -0.455 e. The summed E-state index contributed by atoms with van der Waals surface area (Å²) < 4.78 is 18.3. The van der Waals surface area contributed by atoms with Gasteiger partial charge < -0.3 is 15.4 Å². The summed E-state index contributed by atoms with van der Waals surface area (Å²) in [4.78, 5) is 52.3. The average Bonchev–Trinajstić information content (AvgIpc) is 3.33. The minimum atomic E-state index is -0.976. The second-order valence-corrected chi connectivity index (χ2v) is 9.88. The Balaban J connectivity index is 1.34. The molecule has 3 amide bonds. The van der Waals surface area contributed by atoms with Gasteiger partial charge in [-0.1, -0.05) is 25.0 Å². The zero-order valence-corrected chi connectivity index (χ0v) is 20.0. The number of hydrogen-bond donors (Lipinski definition) is 2. The van der Waals surface area contributed by atoms with Crippen LogP contribution in [0.5, 0.6) is 0 Å². The van der Waals surface area contributed by atoms with Gasteiger partial charge in [0, 0.05) is 5.69 Å². The Bertz CT molecular complexity index is 1130. The van der Waals surface area contributed by atoms with E-state index in [-0.39, 0.29) is 17.6 Å². The lowest BCUT2D eigenvalue weighted by Gasteiger charge is -2.44. The standard InChI is InChI=1S/C25H26FN3O5S/c1-16(35-15-21(30)27-18-10-8-17(26)9-11-18)23(32)34-14-22(31)29-20-7-3-2-6-19(20)28-24(33)25(29)12-4-5-13-25/h2-3,6-11,16H,4-5,12-15H2,1H3,(H,27,30)(H,28,33). The Kier molecular flexibility index (Phi) is 7.39. The predicted octanol–water partition coefficient (Wildman–Crippen LogP) is 3.73. The topological polar surface area (TPSA) is 105 Å². The summed E-state index contributed by atoms with van der Waals surface area (Å²) in [5.74, 6) is -2.09. The number of para-hydroxylation sites is 2. The Morgan fingerprint density at radius 1 is 1.14 bits per heavy atom. The van der Waals surface area contributed by atoms with Gasteiger partial charge in [-0.15, -0.1) is 11.8 Å². The molecule has 1 unspecified atom stereocenters. The van der Waals surface area contributed by atoms with E-state index in [0.29, 0.717) is 29.9 Å². The third-order valence-electron chi connectivity index (χ3n) is 6.19. The summed E-state index contributed by atoms with van der Waals surface area (Å²) in [5, 5.41) is 4.83. The van der Waals surface area contributed by atoms with Crippen molar-refractivity contribution in [3.63, 3.8) is 0 Å². The number of amides is 3. The van der Waals surface area contributed by atoms with Gasteiger partial charge in [0.05, 0.1) is 17.1 Å². The molecule has 1 heterocycles. The van der Waals surface area contributed by atoms with Crippen LogP contribution in [0.1, 0.15) is 32.6 Å². The number of esters is 1. The van der Waals surface area contributed by atoms with Gasteiger partial charge in [0.25, 0.3) is 11.8 Å². The number of fused-ring (bicyclic) bond motifs is 1. The van der Waals surface area contributed by atoms with Crippen LogP contribution in [0.3, 0.4) is 0 Å². The molecule has 1 aliphatic heterocycles. The highest BCUT2D eigenvalue weighted by Gasteiger charge is 2.52. The summed E-state index contributed by atoms with van der Waals surface area (Å²) in [6.45, 7) is 1.08. The zero-order chi connectivity index (χ0) is 25.0. The number of ether oxygens (including phenoxy) is 1. The highest BCUT2D eigenvalue weighted by molar-refractivity contribution is 8.01. The number of anilines is 3. The fraction of sp³-hybridized carbons (Fsp3) is 0.360. The van der Waals surface area contributed by atoms with Crippen molar-refractivity contribution in [2.75, 3.05) is 27.9 Å². The molecule has 2 aliphatic rings. The van der Waals surface area contributed by atoms with Gasteiger partial charge in [-0.05, 0) is 56.2 Å². The van der Waals surface area contributed by atoms with Gasteiger partial charge in [0.1, 0.15) is 16.6 Å². The van der Waals surface area contributed by atoms with Crippen LogP contribution in [0.2, 0.25) is 0 Å². The summed E-state index contributed by atoms with van der Waals surface area (Å²) in [5.41, 5.74) is 0.613. The van der Waals surface area contributed by atoms with Crippen molar-refractivity contribution in [3.05, 3.63) is 54.3 Å². The van der Waals surface area contributed by atoms with Crippen LogP contribution in [-0.2, 0) is 23.9 Å². The van der Waals surface area contributed by atoms with Crippen molar-refractivity contribution in [3.8, 4) is 0 Å². The second-order valence-electron chi connectivity index (χ2n) is 8.56. The van der Waals surface area contributed by atoms with E-state index in [1.807, 2.05) is 0 Å². The number of nitrogens with zero attached hydrogens (tertiary/aromatic N) is 1. The quantitative estimate of drug-likeness (QED) is 0.563. The molecule has 1 spiro atoms. The van der Waals surface area contributed by atoms with E-state index in [9.17, 15) is 23.6 Å². The lowest BCUT2D eigenvalue weighted by Crippen LogP contribution is -2.61. The summed E-state index contributed by atoms with van der Waals surface area (Å²) in [6, 6.07) is 12.4. The molecule has 2 N–H and O–H groups in total. The lowest BCUT2D eigenvalue weighted by atomic mass is 9.90. The van der Waals surface area contributed by atoms with Crippen molar-refractivity contribution in [2.45, 2.75) is 43.4 Å². The molecular weight excluding hydrogens is 473 g/mol. The van der Waals surface area contributed by atoms with Crippen molar-refractivity contribution in [1.82, 2.24) is 0 Å². The fourth-order valence-electron chi connectivity index (χ4n) is 4.44. The van der Waals surface area contributed by atoms with Crippen LogP contribution in [0.25, 0.3) is 0 Å². The van der Waals surface area contributed by atoms with Gasteiger partial charge in [-0.25, -0.2) is 4.39 Å². The van der Waals surface area contributed by atoms with Crippen LogP contribution in [0.4, 0.5) is 21.5 Å². The second kappa shape index (κ2) is 10.5. The molecule has 2 aromatic carbocycles. The first kappa shape index (κ1) is 24.7. The maximum Gasteiger partial charge on any atom is 0.319 e. The highest BCUT2D eigenvalue weighted by atomic mass is 32.2. The number of nitrogens with one attached hydrogen (secondary N) is 2. The number of thioether (sulfide) groups is 1. The largest absolute Gasteiger partial charge is 0.455 e. The normalized spacial score (nSPS) is 16.9. The van der Waals surface area contributed by atoms with Crippen molar-refractivity contribution < 1.29 is 28.3 Å². The molecule has 1 atom stereocenters. The molecule has 4 rings (SSSR count). The average molecular weight is 500 g/mol. The van der Waals surface area contributed by atoms with Gasteiger partial charge in [-0.3, -0.25) is 24.1 Å². The Labute approximate surface area is 206 Å². The van der Waals surface area contributed by atoms with Crippen LogP contribution < -0.4 is 15.5 Å². The molecule has 0 aromatic heterocycles. The van der Waals surface area contributed by atoms with Crippen molar-refractivity contribution >= 4 is 52.5 Å². The number of carbonyl (C=O) groups is 4. The monoisotopic (exact) mass is 499 g/mol. The van der Waals surface area contributed by atoms with Crippen LogP contribution in [0, 0.1) is 5.82 Å². The lowest BCUT2D eigenvalue weighted by molar-refractivity contribution is -0.147. The van der Waals surface area contributed by atoms with Crippen LogP contribution in [0.15, 0.2) is 48.5 Å². The number of halogens is 1. The molecule has 184 valence electrons. The van der Waals surface area contributed by atoms with E-state index < -0.39 is 35.1 Å². The molecule has 0 radical (unpaired) electrons. The Morgan fingerprint density at radius 3 is 2.54 bits per heavy atom. The SMILES string of the molecule is CC(SCC(=O)Nc1ccc(F)cc1)C(=O)OCC(=O)N1c2ccccc2NC(=O)C12CCCC2. The van der Waals surface area contributed by atoms with Gasteiger partial charge in [-0.2, -0.15) is 0 Å². The van der Waals surface area contributed by atoms with E-state index in [2.05, 4.69) is 10.6 Å². The Morgan fingerprint density at radius 2 is 1.83 bits per heavy atom. The Hall–Kier alpha value is -3.40. The summed E-state index contributed by atoms with van der Waals surface area (Å²) in [6.07, 6.45) is 2.74. The van der Waals surface area contributed by atoms with E-state index in [0.717, 1.165) is 24.6 Å². The third-order valence-corrected chi connectivity index (χ3v) is 7.31.